The van der Waals surface area contributed by atoms with Crippen molar-refractivity contribution in [2.45, 2.75) is 60.2 Å². The van der Waals surface area contributed by atoms with Gasteiger partial charge in [0.2, 0.25) is 0 Å². The van der Waals surface area contributed by atoms with Crippen molar-refractivity contribution in [1.82, 2.24) is 14.0 Å². The average Bonchev–Trinajstić information content (AvgIpc) is 3.31. The zero-order valence-electron chi connectivity index (χ0n) is 27.3. The van der Waals surface area contributed by atoms with Crippen LogP contribution in [-0.4, -0.2) is 54.3 Å². The summed E-state index contributed by atoms with van der Waals surface area (Å²) in [6.07, 6.45) is 0. The van der Waals surface area contributed by atoms with E-state index < -0.39 is 0 Å². The molecule has 0 amide bonds. The van der Waals surface area contributed by atoms with E-state index in [1.807, 2.05) is 33.2 Å². The molecule has 0 radical (unpaired) electrons. The van der Waals surface area contributed by atoms with Crippen molar-refractivity contribution in [3.8, 4) is 0 Å². The first kappa shape index (κ1) is 40.1. The zero-order valence-corrected chi connectivity index (χ0v) is 33.5. The van der Waals surface area contributed by atoms with E-state index in [1.54, 1.807) is 12.1 Å². The van der Waals surface area contributed by atoms with Crippen molar-refractivity contribution >= 4 is 72.9 Å². The number of hydrogen-bond donors (Lipinski definition) is 0. The maximum absolute atomic E-state index is 12.1. The Morgan fingerprint density at radius 1 is 0.814 bits per heavy atom. The van der Waals surface area contributed by atoms with E-state index in [4.69, 9.17) is 32.7 Å². The van der Waals surface area contributed by atoms with Gasteiger partial charge in [-0.15, -0.1) is 0 Å². The average molecular weight is 722 g/mol. The molecule has 230 valence electrons. The van der Waals surface area contributed by atoms with Crippen LogP contribution in [0.15, 0.2) is 28.9 Å². The summed E-state index contributed by atoms with van der Waals surface area (Å²) >= 11 is 16.0. The van der Waals surface area contributed by atoms with Crippen molar-refractivity contribution in [1.29, 1.82) is 0 Å². The molecule has 0 aliphatic carbocycles. The number of hydrogen-bond acceptors (Lipinski definition) is 5. The summed E-state index contributed by atoms with van der Waals surface area (Å²) in [5, 5.41) is 2.89. The third kappa shape index (κ3) is 8.29. The van der Waals surface area contributed by atoms with Crippen LogP contribution < -0.4 is 51.4 Å². The predicted molar refractivity (Wildman–Crippen MR) is 178 cm³/mol. The molecule has 0 saturated heterocycles. The number of nitrogens with zero attached hydrogens (tertiary/aromatic N) is 3. The van der Waals surface area contributed by atoms with Gasteiger partial charge in [-0.2, -0.15) is 0 Å². The Bertz CT molecular complexity index is 1630. The molecule has 0 aliphatic heterocycles. The van der Waals surface area contributed by atoms with Gasteiger partial charge in [0, 0.05) is 45.1 Å². The van der Waals surface area contributed by atoms with Gasteiger partial charge in [0.1, 0.15) is 0 Å². The number of halogens is 3. The van der Waals surface area contributed by atoms with Crippen LogP contribution in [0.5, 0.6) is 0 Å². The van der Waals surface area contributed by atoms with Gasteiger partial charge >= 0.3 is 63.3 Å². The summed E-state index contributed by atoms with van der Waals surface area (Å²) in [5.74, 6) is -0.725. The van der Waals surface area contributed by atoms with E-state index in [0.717, 1.165) is 44.1 Å². The number of carbonyl (C=O) groups is 2. The predicted octanol–water partition coefficient (Wildman–Crippen LogP) is 6.22. The minimum Gasteiger partial charge on any atom is -0.465 e. The summed E-state index contributed by atoms with van der Waals surface area (Å²) in [6.45, 7) is 13.3. The maximum atomic E-state index is 12.1. The molecular formula is C32H41BrCl2KN3O4. The zero-order chi connectivity index (χ0) is 30.9. The second-order valence-corrected chi connectivity index (χ2v) is 12.5. The van der Waals surface area contributed by atoms with Crippen LogP contribution in [-0.2, 0) is 16.0 Å². The van der Waals surface area contributed by atoms with Gasteiger partial charge in [0.15, 0.2) is 0 Å². The minimum atomic E-state index is -0.371. The molecule has 0 spiro atoms. The van der Waals surface area contributed by atoms with Crippen molar-refractivity contribution in [3.05, 3.63) is 74.3 Å². The summed E-state index contributed by atoms with van der Waals surface area (Å²) < 4.78 is 15.1. The van der Waals surface area contributed by atoms with Crippen LogP contribution in [0.4, 0.5) is 0 Å². The number of ether oxygens (including phenoxy) is 2. The molecular weight excluding hydrogens is 680 g/mol. The number of fused-ring (bicyclic) bond motifs is 2. The first-order valence-corrected chi connectivity index (χ1v) is 14.8. The van der Waals surface area contributed by atoms with E-state index in [0.29, 0.717) is 21.2 Å². The Kier molecular flexibility index (Phi) is 15.5. The second kappa shape index (κ2) is 16.6. The first-order valence-electron chi connectivity index (χ1n) is 13.3. The topological polar surface area (TPSA) is 65.7 Å². The molecule has 0 unspecified atom stereocenters. The van der Waals surface area contributed by atoms with Crippen LogP contribution in [0.25, 0.3) is 21.8 Å². The molecule has 7 nitrogen and oxygen atoms in total. The van der Waals surface area contributed by atoms with Gasteiger partial charge in [-0.25, -0.2) is 9.59 Å². The van der Waals surface area contributed by atoms with Gasteiger partial charge in [0.05, 0.1) is 41.0 Å². The van der Waals surface area contributed by atoms with Crippen molar-refractivity contribution in [2.24, 2.45) is 0 Å². The third-order valence-corrected chi connectivity index (χ3v) is 8.40. The Hall–Kier alpha value is -0.884. The molecule has 4 aromatic rings. The number of rotatable bonds is 6. The molecule has 2 heterocycles. The number of carbonyl (C=O) groups excluding carboxylic acids is 2. The fraction of sp³-hybridized carbons (Fsp3) is 0.406. The van der Waals surface area contributed by atoms with Crippen molar-refractivity contribution < 1.29 is 70.4 Å². The largest absolute Gasteiger partial charge is 1.00 e. The molecule has 0 bridgehead atoms. The molecule has 0 atom stereocenters. The van der Waals surface area contributed by atoms with Gasteiger partial charge in [-0.1, -0.05) is 23.2 Å². The van der Waals surface area contributed by atoms with Gasteiger partial charge in [0.25, 0.3) is 0 Å². The normalized spacial score (nSPS) is 11.0. The Balaban J connectivity index is 0.000000415. The Labute approximate surface area is 316 Å². The molecule has 0 fully saturated rings. The number of esters is 2. The Morgan fingerprint density at radius 3 is 1.58 bits per heavy atom. The third-order valence-electron chi connectivity index (χ3n) is 6.99. The molecule has 0 N–H and O–H groups in total. The monoisotopic (exact) mass is 719 g/mol. The first-order chi connectivity index (χ1) is 19.2. The molecule has 2 aromatic carbocycles. The van der Waals surface area contributed by atoms with E-state index in [9.17, 15) is 9.59 Å². The molecule has 4 rings (SSSR count). The van der Waals surface area contributed by atoms with Gasteiger partial charge < -0.3 is 30.9 Å². The van der Waals surface area contributed by atoms with E-state index in [1.165, 1.54) is 19.9 Å². The smallest absolute Gasteiger partial charge is 0.465 e. The van der Waals surface area contributed by atoms with E-state index in [2.05, 4.69) is 64.6 Å². The molecule has 0 aliphatic rings. The van der Waals surface area contributed by atoms with Crippen molar-refractivity contribution in [2.75, 3.05) is 28.3 Å². The van der Waals surface area contributed by atoms with E-state index in [-0.39, 0.29) is 82.8 Å². The minimum absolute atomic E-state index is 0. The van der Waals surface area contributed by atoms with Crippen LogP contribution >= 0.6 is 39.1 Å². The van der Waals surface area contributed by atoms with Gasteiger partial charge in [-0.3, -0.25) is 0 Å². The maximum Gasteiger partial charge on any atom is 1.00 e. The van der Waals surface area contributed by atoms with Crippen LogP contribution in [0.2, 0.25) is 10.0 Å². The molecule has 11 heteroatoms. The number of aromatic nitrogens is 2. The summed E-state index contributed by atoms with van der Waals surface area (Å²) in [5.41, 5.74) is 6.27. The molecule has 0 saturated carbocycles. The quantitative estimate of drug-likeness (QED) is 0.135. The number of benzene rings is 2. The molecule has 2 aromatic heterocycles. The fourth-order valence-electron chi connectivity index (χ4n) is 5.34. The second-order valence-electron chi connectivity index (χ2n) is 10.8. The number of methoxy groups -OCH3 is 2. The SMILES string of the molecule is COC(=O)c1cc(Cl)cc2c1c(C)c(Br)n2C(C)C.COC(=O)c1cc(Cl)cc2c1c(C)c(CN(C)C)n2C(C)C.[CH3-].[K+]. The van der Waals surface area contributed by atoms with Crippen molar-refractivity contribution in [3.63, 3.8) is 0 Å². The Morgan fingerprint density at radius 2 is 1.21 bits per heavy atom. The fourth-order valence-corrected chi connectivity index (χ4v) is 6.57. The van der Waals surface area contributed by atoms with Crippen LogP contribution in [0.3, 0.4) is 0 Å². The van der Waals surface area contributed by atoms with E-state index >= 15 is 0 Å². The summed E-state index contributed by atoms with van der Waals surface area (Å²) in [7, 11) is 6.84. The standard InChI is InChI=1S/C17H23ClN2O2.C14H15BrClNO2.CH3.K/c1-10(2)20-14-8-12(18)7-13(17(21)22-6)16(14)11(3)15(20)9-19(4)5;1-7(2)17-11-6-9(16)5-10(14(18)19-4)12(11)8(3)13(17)15;;/h7-8,10H,9H2,1-6H3;5-7H,1-4H3;1H3;/q;;-1;+1. The van der Waals surface area contributed by atoms with Crippen LogP contribution in [0, 0.1) is 21.3 Å². The number of aryl methyl sites for hydroxylation is 2. The summed E-state index contributed by atoms with van der Waals surface area (Å²) in [6, 6.07) is 7.67. The van der Waals surface area contributed by atoms with Crippen LogP contribution in [0.1, 0.15) is 77.3 Å². The van der Waals surface area contributed by atoms with Gasteiger partial charge in [-0.05, 0) is 107 Å². The summed E-state index contributed by atoms with van der Waals surface area (Å²) in [4.78, 5) is 26.2. The molecule has 43 heavy (non-hydrogen) atoms.